The van der Waals surface area contributed by atoms with Crippen LogP contribution in [0.5, 0.6) is 5.75 Å². The number of rotatable bonds is 5. The number of ether oxygens (including phenoxy) is 1. The van der Waals surface area contributed by atoms with Crippen LogP contribution in [-0.4, -0.2) is 21.5 Å². The number of aromatic carboxylic acids is 1. The van der Waals surface area contributed by atoms with Gasteiger partial charge in [-0.1, -0.05) is 12.1 Å². The molecule has 0 aliphatic rings. The molecule has 0 aromatic heterocycles. The van der Waals surface area contributed by atoms with Crippen LogP contribution in [0.3, 0.4) is 0 Å². The number of carboxylic acid groups (broad SMARTS) is 1. The summed E-state index contributed by atoms with van der Waals surface area (Å²) in [4.78, 5) is 10.6. The number of carboxylic acids is 1. The van der Waals surface area contributed by atoms with Crippen LogP contribution in [0, 0.1) is 0 Å². The first-order chi connectivity index (χ1) is 9.92. The Balaban J connectivity index is 0.00000242. The minimum Gasteiger partial charge on any atom is -0.545 e. The van der Waals surface area contributed by atoms with Gasteiger partial charge in [0.25, 0.3) is 10.0 Å². The fraction of sp³-hybridized carbons (Fsp3) is 0.0714. The van der Waals surface area contributed by atoms with Crippen molar-refractivity contribution in [1.29, 1.82) is 0 Å². The second-order valence-electron chi connectivity index (χ2n) is 4.15. The quantitative estimate of drug-likeness (QED) is 0.624. The Kier molecular flexibility index (Phi) is 7.04. The second kappa shape index (κ2) is 8.09. The third-order valence-electron chi connectivity index (χ3n) is 2.74. The Bertz CT molecular complexity index is 742. The number of sulfonamides is 1. The molecular weight excluding hydrogens is 333 g/mol. The smallest absolute Gasteiger partial charge is 0.545 e. The summed E-state index contributed by atoms with van der Waals surface area (Å²) in [5.74, 6) is -0.752. The van der Waals surface area contributed by atoms with Gasteiger partial charge in [0.05, 0.1) is 18.0 Å². The molecule has 2 aromatic rings. The Morgan fingerprint density at radius 1 is 1.05 bits per heavy atom. The fourth-order valence-corrected chi connectivity index (χ4v) is 2.70. The van der Waals surface area contributed by atoms with Crippen molar-refractivity contribution in [2.45, 2.75) is 4.90 Å². The molecule has 0 saturated carbocycles. The van der Waals surface area contributed by atoms with Crippen molar-refractivity contribution in [1.82, 2.24) is 0 Å². The first-order valence-electron chi connectivity index (χ1n) is 5.90. The van der Waals surface area contributed by atoms with Crippen LogP contribution in [0.4, 0.5) is 5.69 Å². The molecule has 0 radical (unpaired) electrons. The second-order valence-corrected chi connectivity index (χ2v) is 5.83. The van der Waals surface area contributed by atoms with E-state index in [0.29, 0.717) is 11.4 Å². The van der Waals surface area contributed by atoms with Crippen molar-refractivity contribution in [2.75, 3.05) is 11.8 Å². The van der Waals surface area contributed by atoms with Gasteiger partial charge in [-0.15, -0.1) is 0 Å². The molecule has 110 valence electrons. The van der Waals surface area contributed by atoms with E-state index < -0.39 is 16.0 Å². The number of methoxy groups -OCH3 is 1. The predicted octanol–water partition coefficient (Wildman–Crippen LogP) is -2.14. The molecule has 0 spiro atoms. The summed E-state index contributed by atoms with van der Waals surface area (Å²) < 4.78 is 31.6. The van der Waals surface area contributed by atoms with Crippen LogP contribution in [-0.2, 0) is 10.0 Å². The van der Waals surface area contributed by atoms with Crippen LogP contribution in [0.1, 0.15) is 10.4 Å². The monoisotopic (exact) mass is 345 g/mol. The van der Waals surface area contributed by atoms with E-state index in [1.54, 1.807) is 24.3 Å². The molecule has 0 aliphatic heterocycles. The molecule has 2 aromatic carbocycles. The molecule has 0 amide bonds. The van der Waals surface area contributed by atoms with E-state index in [1.165, 1.54) is 31.4 Å². The Morgan fingerprint density at radius 3 is 2.05 bits per heavy atom. The maximum absolute atomic E-state index is 12.1. The molecule has 0 bridgehead atoms. The van der Waals surface area contributed by atoms with Gasteiger partial charge in [-0.3, -0.25) is 4.72 Å². The summed E-state index contributed by atoms with van der Waals surface area (Å²) in [6.45, 7) is 0. The van der Waals surface area contributed by atoms with E-state index in [0.717, 1.165) is 0 Å². The van der Waals surface area contributed by atoms with Gasteiger partial charge in [-0.05, 0) is 42.0 Å². The summed E-state index contributed by atoms with van der Waals surface area (Å²) >= 11 is 0. The Labute approximate surface area is 171 Å². The first kappa shape index (κ1) is 19.1. The summed E-state index contributed by atoms with van der Waals surface area (Å²) in [6.07, 6.45) is 0. The predicted molar refractivity (Wildman–Crippen MR) is 74.6 cm³/mol. The minimum absolute atomic E-state index is 0. The molecule has 0 heterocycles. The number of carbonyl (C=O) groups excluding carboxylic acids is 1. The molecule has 0 aliphatic carbocycles. The van der Waals surface area contributed by atoms with Crippen molar-refractivity contribution >= 4 is 21.7 Å². The molecule has 0 atom stereocenters. The van der Waals surface area contributed by atoms with Crippen LogP contribution in [0.15, 0.2) is 53.4 Å². The van der Waals surface area contributed by atoms with E-state index in [4.69, 9.17) is 4.74 Å². The average Bonchev–Trinajstić information content (AvgIpc) is 2.48. The van der Waals surface area contributed by atoms with Crippen molar-refractivity contribution in [3.05, 3.63) is 54.1 Å². The summed E-state index contributed by atoms with van der Waals surface area (Å²) in [5, 5.41) is 10.6. The third-order valence-corrected chi connectivity index (χ3v) is 4.14. The normalized spacial score (nSPS) is 10.4. The number of anilines is 1. The number of nitrogens with one attached hydrogen (secondary N) is 1. The van der Waals surface area contributed by atoms with E-state index in [9.17, 15) is 18.3 Å². The number of benzene rings is 2. The zero-order valence-electron chi connectivity index (χ0n) is 12.1. The van der Waals surface area contributed by atoms with Gasteiger partial charge < -0.3 is 14.6 Å². The molecule has 1 N–H and O–H groups in total. The summed E-state index contributed by atoms with van der Waals surface area (Å²) in [7, 11) is -2.27. The molecule has 8 heteroatoms. The van der Waals surface area contributed by atoms with E-state index in [2.05, 4.69) is 4.72 Å². The molecule has 0 saturated heterocycles. The van der Waals surface area contributed by atoms with Gasteiger partial charge in [0.2, 0.25) is 0 Å². The van der Waals surface area contributed by atoms with Gasteiger partial charge in [-0.25, -0.2) is 8.42 Å². The molecule has 6 nitrogen and oxygen atoms in total. The molecular formula is C14H12KNO5S. The number of hydrogen-bond donors (Lipinski definition) is 1. The zero-order chi connectivity index (χ0) is 15.5. The molecule has 0 unspecified atom stereocenters. The van der Waals surface area contributed by atoms with Crippen LogP contribution >= 0.6 is 0 Å². The van der Waals surface area contributed by atoms with Crippen LogP contribution in [0.25, 0.3) is 0 Å². The van der Waals surface area contributed by atoms with Gasteiger partial charge in [0.1, 0.15) is 5.75 Å². The summed E-state index contributed by atoms with van der Waals surface area (Å²) in [5.41, 5.74) is 0.290. The Hall–Kier alpha value is -0.904. The first-order valence-corrected chi connectivity index (χ1v) is 7.39. The fourth-order valence-electron chi connectivity index (χ4n) is 1.64. The maximum atomic E-state index is 12.1. The van der Waals surface area contributed by atoms with Gasteiger partial charge in [0, 0.05) is 5.69 Å². The van der Waals surface area contributed by atoms with Crippen LogP contribution < -0.4 is 66.0 Å². The van der Waals surface area contributed by atoms with Gasteiger partial charge >= 0.3 is 51.4 Å². The largest absolute Gasteiger partial charge is 1.00 e. The van der Waals surface area contributed by atoms with Crippen molar-refractivity contribution in [2.24, 2.45) is 0 Å². The maximum Gasteiger partial charge on any atom is 1.00 e. The molecule has 22 heavy (non-hydrogen) atoms. The summed E-state index contributed by atoms with van der Waals surface area (Å²) in [6, 6.07) is 11.1. The molecule has 0 fully saturated rings. The van der Waals surface area contributed by atoms with Crippen LogP contribution in [0.2, 0.25) is 0 Å². The van der Waals surface area contributed by atoms with Crippen molar-refractivity contribution < 1.29 is 74.4 Å². The average molecular weight is 345 g/mol. The van der Waals surface area contributed by atoms with Crippen molar-refractivity contribution in [3.63, 3.8) is 0 Å². The SMILES string of the molecule is COc1ccc(NS(=O)(=O)c2ccc(C(=O)[O-])cc2)cc1.[K+]. The number of carbonyl (C=O) groups is 1. The zero-order valence-corrected chi connectivity index (χ0v) is 16.0. The third kappa shape index (κ3) is 4.80. The van der Waals surface area contributed by atoms with Crippen molar-refractivity contribution in [3.8, 4) is 5.75 Å². The number of hydrogen-bond acceptors (Lipinski definition) is 5. The van der Waals surface area contributed by atoms with Gasteiger partial charge in [-0.2, -0.15) is 0 Å². The topological polar surface area (TPSA) is 95.5 Å². The standard InChI is InChI=1S/C14H13NO5S.K/c1-20-12-6-4-11(5-7-12)15-21(18,19)13-8-2-10(3-9-13)14(16)17;/h2-9,15H,1H3,(H,16,17);/q;+1/p-1. The minimum atomic E-state index is -3.78. The van der Waals surface area contributed by atoms with E-state index in [1.807, 2.05) is 0 Å². The van der Waals surface area contributed by atoms with E-state index in [-0.39, 0.29) is 61.8 Å². The van der Waals surface area contributed by atoms with E-state index >= 15 is 0 Å². The molecule has 2 rings (SSSR count). The van der Waals surface area contributed by atoms with Gasteiger partial charge in [0.15, 0.2) is 0 Å². The Morgan fingerprint density at radius 2 is 1.59 bits per heavy atom.